The number of piperazine rings is 1. The minimum absolute atomic E-state index is 0.0577. The highest BCUT2D eigenvalue weighted by molar-refractivity contribution is 7.89. The van der Waals surface area contributed by atoms with Gasteiger partial charge in [0.15, 0.2) is 5.78 Å². The average Bonchev–Trinajstić information content (AvgIpc) is 3.13. The minimum Gasteiger partial charge on any atom is -0.495 e. The Hall–Kier alpha value is -3.14. The van der Waals surface area contributed by atoms with Gasteiger partial charge in [-0.15, -0.1) is 0 Å². The van der Waals surface area contributed by atoms with E-state index in [4.69, 9.17) is 9.88 Å². The largest absolute Gasteiger partial charge is 0.495 e. The second-order valence-corrected chi connectivity index (χ2v) is 10.1. The average molecular weight is 483 g/mol. The van der Waals surface area contributed by atoms with Crippen molar-refractivity contribution in [3.63, 3.8) is 0 Å². The number of aryl methyl sites for hydroxylation is 1. The molecule has 180 valence electrons. The molecule has 0 bridgehead atoms. The van der Waals surface area contributed by atoms with Crippen molar-refractivity contribution in [3.05, 3.63) is 71.5 Å². The van der Waals surface area contributed by atoms with E-state index < -0.39 is 10.0 Å². The summed E-state index contributed by atoms with van der Waals surface area (Å²) in [5.74, 6) is 0.933. The lowest BCUT2D eigenvalue weighted by atomic mass is 10.1. The number of anilines is 1. The SMILES string of the molecule is COc1ccccc1N1CCN(CC(=O)c2cc(C)n(-c3ccc(S(N)(=O)=O)cc3)c2C)CC1. The van der Waals surface area contributed by atoms with Crippen LogP contribution in [0.2, 0.25) is 0 Å². The Morgan fingerprint density at radius 3 is 2.26 bits per heavy atom. The van der Waals surface area contributed by atoms with Crippen molar-refractivity contribution in [3.8, 4) is 11.4 Å². The number of Topliss-reactive ketones (excluding diaryl/α,β-unsaturated/α-hetero) is 1. The highest BCUT2D eigenvalue weighted by Crippen LogP contribution is 2.28. The number of ketones is 1. The van der Waals surface area contributed by atoms with Crippen LogP contribution in [0, 0.1) is 13.8 Å². The fourth-order valence-electron chi connectivity index (χ4n) is 4.55. The van der Waals surface area contributed by atoms with E-state index in [0.29, 0.717) is 12.1 Å². The fraction of sp³-hybridized carbons (Fsp3) is 0.320. The molecular formula is C25H30N4O4S. The fourth-order valence-corrected chi connectivity index (χ4v) is 5.07. The molecule has 2 heterocycles. The zero-order chi connectivity index (χ0) is 24.5. The lowest BCUT2D eigenvalue weighted by Crippen LogP contribution is -2.48. The van der Waals surface area contributed by atoms with Gasteiger partial charge in [0.25, 0.3) is 0 Å². The smallest absolute Gasteiger partial charge is 0.238 e. The molecule has 0 amide bonds. The van der Waals surface area contributed by atoms with Crippen LogP contribution in [0.25, 0.3) is 5.69 Å². The van der Waals surface area contributed by atoms with Gasteiger partial charge in [-0.2, -0.15) is 0 Å². The third-order valence-corrected chi connectivity index (χ3v) is 7.25. The van der Waals surface area contributed by atoms with Gasteiger partial charge < -0.3 is 14.2 Å². The third kappa shape index (κ3) is 4.86. The van der Waals surface area contributed by atoms with E-state index in [1.165, 1.54) is 12.1 Å². The van der Waals surface area contributed by atoms with E-state index in [-0.39, 0.29) is 10.7 Å². The van der Waals surface area contributed by atoms with Crippen LogP contribution in [0.4, 0.5) is 5.69 Å². The van der Waals surface area contributed by atoms with Gasteiger partial charge in [-0.3, -0.25) is 9.69 Å². The first-order valence-electron chi connectivity index (χ1n) is 11.1. The molecule has 1 fully saturated rings. The molecular weight excluding hydrogens is 452 g/mol. The number of hydrogen-bond acceptors (Lipinski definition) is 6. The Balaban J connectivity index is 1.44. The molecule has 1 aliphatic rings. The molecule has 0 saturated carbocycles. The molecule has 9 heteroatoms. The first kappa shape index (κ1) is 24.0. The molecule has 1 saturated heterocycles. The van der Waals surface area contributed by atoms with Crippen LogP contribution in [0.3, 0.4) is 0 Å². The maximum Gasteiger partial charge on any atom is 0.238 e. The van der Waals surface area contributed by atoms with Crippen LogP contribution in [-0.2, 0) is 10.0 Å². The van der Waals surface area contributed by atoms with Gasteiger partial charge in [-0.25, -0.2) is 13.6 Å². The number of carbonyl (C=O) groups excluding carboxylic acids is 1. The molecule has 1 aromatic heterocycles. The second-order valence-electron chi connectivity index (χ2n) is 8.52. The van der Waals surface area contributed by atoms with Crippen molar-refractivity contribution in [2.75, 3.05) is 44.7 Å². The number of aromatic nitrogens is 1. The van der Waals surface area contributed by atoms with Crippen LogP contribution >= 0.6 is 0 Å². The highest BCUT2D eigenvalue weighted by Gasteiger charge is 2.24. The number of para-hydroxylation sites is 2. The van der Waals surface area contributed by atoms with E-state index in [1.54, 1.807) is 19.2 Å². The summed E-state index contributed by atoms with van der Waals surface area (Å²) in [6.45, 7) is 7.42. The molecule has 0 radical (unpaired) electrons. The van der Waals surface area contributed by atoms with Gasteiger partial charge in [0, 0.05) is 48.8 Å². The summed E-state index contributed by atoms with van der Waals surface area (Å²) >= 11 is 0. The third-order valence-electron chi connectivity index (χ3n) is 6.32. The lowest BCUT2D eigenvalue weighted by molar-refractivity contribution is 0.0925. The zero-order valence-corrected chi connectivity index (χ0v) is 20.5. The summed E-state index contributed by atoms with van der Waals surface area (Å²) in [4.78, 5) is 17.7. The van der Waals surface area contributed by atoms with Crippen LogP contribution < -0.4 is 14.8 Å². The van der Waals surface area contributed by atoms with Gasteiger partial charge in [0.05, 0.1) is 24.2 Å². The van der Waals surface area contributed by atoms with Crippen molar-refractivity contribution in [1.82, 2.24) is 9.47 Å². The summed E-state index contributed by atoms with van der Waals surface area (Å²) in [7, 11) is -2.07. The maximum atomic E-state index is 13.2. The summed E-state index contributed by atoms with van der Waals surface area (Å²) < 4.78 is 30.5. The summed E-state index contributed by atoms with van der Waals surface area (Å²) in [5.41, 5.74) is 4.28. The number of rotatable bonds is 7. The zero-order valence-electron chi connectivity index (χ0n) is 19.7. The quantitative estimate of drug-likeness (QED) is 0.520. The molecule has 1 aliphatic heterocycles. The second kappa shape index (κ2) is 9.61. The molecule has 34 heavy (non-hydrogen) atoms. The normalized spacial score (nSPS) is 14.9. The van der Waals surface area contributed by atoms with E-state index in [9.17, 15) is 13.2 Å². The van der Waals surface area contributed by atoms with Crippen molar-refractivity contribution in [2.24, 2.45) is 5.14 Å². The van der Waals surface area contributed by atoms with E-state index in [0.717, 1.165) is 54.7 Å². The number of primary sulfonamides is 1. The van der Waals surface area contributed by atoms with Crippen molar-refractivity contribution in [1.29, 1.82) is 0 Å². The number of ether oxygens (including phenoxy) is 1. The maximum absolute atomic E-state index is 13.2. The Morgan fingerprint density at radius 2 is 1.65 bits per heavy atom. The van der Waals surface area contributed by atoms with Crippen molar-refractivity contribution >= 4 is 21.5 Å². The predicted octanol–water partition coefficient (Wildman–Crippen LogP) is 2.76. The topological polar surface area (TPSA) is 97.9 Å². The van der Waals surface area contributed by atoms with Crippen LogP contribution in [0.15, 0.2) is 59.5 Å². The Kier molecular flexibility index (Phi) is 6.79. The predicted molar refractivity (Wildman–Crippen MR) is 133 cm³/mol. The Labute approximate surface area is 200 Å². The number of nitrogens with zero attached hydrogens (tertiary/aromatic N) is 3. The van der Waals surface area contributed by atoms with Gasteiger partial charge in [0.1, 0.15) is 5.75 Å². The first-order valence-corrected chi connectivity index (χ1v) is 12.7. The van der Waals surface area contributed by atoms with Crippen molar-refractivity contribution in [2.45, 2.75) is 18.7 Å². The molecule has 0 spiro atoms. The summed E-state index contributed by atoms with van der Waals surface area (Å²) in [6, 6.07) is 16.2. The van der Waals surface area contributed by atoms with Crippen molar-refractivity contribution < 1.29 is 17.9 Å². The summed E-state index contributed by atoms with van der Waals surface area (Å²) in [6.07, 6.45) is 0. The molecule has 0 aliphatic carbocycles. The number of hydrogen-bond donors (Lipinski definition) is 1. The van der Waals surface area contributed by atoms with E-state index in [1.807, 2.05) is 42.7 Å². The standard InChI is InChI=1S/C25H30N4O4S/c1-18-16-22(19(2)29(18)20-8-10-21(11-9-20)34(26,31)32)24(30)17-27-12-14-28(15-13-27)23-6-4-5-7-25(23)33-3/h4-11,16H,12-15,17H2,1-3H3,(H2,26,31,32). The molecule has 2 N–H and O–H groups in total. The van der Waals surface area contributed by atoms with Crippen LogP contribution in [0.1, 0.15) is 21.7 Å². The highest BCUT2D eigenvalue weighted by atomic mass is 32.2. The number of sulfonamides is 1. The van der Waals surface area contributed by atoms with Crippen LogP contribution in [-0.4, -0.2) is 63.5 Å². The molecule has 2 aromatic carbocycles. The molecule has 0 unspecified atom stereocenters. The number of nitrogens with two attached hydrogens (primary N) is 1. The Morgan fingerprint density at radius 1 is 1.00 bits per heavy atom. The monoisotopic (exact) mass is 482 g/mol. The van der Waals surface area contributed by atoms with Gasteiger partial charge >= 0.3 is 0 Å². The number of carbonyl (C=O) groups is 1. The van der Waals surface area contributed by atoms with E-state index in [2.05, 4.69) is 15.9 Å². The molecule has 3 aromatic rings. The number of methoxy groups -OCH3 is 1. The minimum atomic E-state index is -3.75. The molecule has 0 atom stereocenters. The van der Waals surface area contributed by atoms with Crippen LogP contribution in [0.5, 0.6) is 5.75 Å². The first-order chi connectivity index (χ1) is 16.2. The number of benzene rings is 2. The van der Waals surface area contributed by atoms with Gasteiger partial charge in [0.2, 0.25) is 10.0 Å². The van der Waals surface area contributed by atoms with Gasteiger partial charge in [-0.05, 0) is 56.3 Å². The molecule has 4 rings (SSSR count). The summed E-state index contributed by atoms with van der Waals surface area (Å²) in [5, 5.41) is 5.20. The lowest BCUT2D eigenvalue weighted by Gasteiger charge is -2.36. The Bertz CT molecular complexity index is 1290. The van der Waals surface area contributed by atoms with E-state index >= 15 is 0 Å². The van der Waals surface area contributed by atoms with Gasteiger partial charge in [-0.1, -0.05) is 12.1 Å². The molecule has 8 nitrogen and oxygen atoms in total.